The van der Waals surface area contributed by atoms with Gasteiger partial charge < -0.3 is 5.11 Å². The Labute approximate surface area is 97.9 Å². The molecule has 3 rings (SSSR count). The zero-order valence-electron chi connectivity index (χ0n) is 8.84. The highest BCUT2D eigenvalue weighted by atomic mass is 32.1. The van der Waals surface area contributed by atoms with E-state index in [1.54, 1.807) is 11.4 Å². The van der Waals surface area contributed by atoms with Crippen LogP contribution in [0.1, 0.15) is 36.5 Å². The van der Waals surface area contributed by atoms with Gasteiger partial charge in [0.1, 0.15) is 11.1 Å². The van der Waals surface area contributed by atoms with Gasteiger partial charge in [0, 0.05) is 5.56 Å². The predicted octanol–water partition coefficient (Wildman–Crippen LogP) is 1.22. The molecule has 2 aromatic heterocycles. The summed E-state index contributed by atoms with van der Waals surface area (Å²) in [5.41, 5.74) is 2.16. The molecule has 6 heteroatoms. The Morgan fingerprint density at radius 2 is 2.19 bits per heavy atom. The van der Waals surface area contributed by atoms with Crippen molar-refractivity contribution in [2.24, 2.45) is 0 Å². The molecule has 0 amide bonds. The van der Waals surface area contributed by atoms with Crippen molar-refractivity contribution in [2.45, 2.75) is 37.3 Å². The van der Waals surface area contributed by atoms with Crippen LogP contribution in [0.25, 0.3) is 5.78 Å². The van der Waals surface area contributed by atoms with E-state index in [4.69, 9.17) is 12.6 Å². The standard InChI is InChI=1S/C10H11N4OS/c1-5(15)8-12-10-11-7-4-2-3-6(7)9(16)14(10)13-8/h5,15H,2-4H2,1H3. The van der Waals surface area contributed by atoms with E-state index >= 15 is 0 Å². The fraction of sp³-hybridized carbons (Fsp3) is 0.500. The van der Waals surface area contributed by atoms with Crippen LogP contribution in [-0.2, 0) is 12.8 Å². The quantitative estimate of drug-likeness (QED) is 0.755. The molecule has 1 aliphatic rings. The van der Waals surface area contributed by atoms with Crippen molar-refractivity contribution in [3.8, 4) is 0 Å². The van der Waals surface area contributed by atoms with E-state index in [0.717, 1.165) is 30.5 Å². The van der Waals surface area contributed by atoms with E-state index in [1.165, 1.54) is 0 Å². The Balaban J connectivity index is 2.28. The van der Waals surface area contributed by atoms with Gasteiger partial charge in [-0.15, -0.1) is 5.10 Å². The summed E-state index contributed by atoms with van der Waals surface area (Å²) >= 11 is 5.36. The van der Waals surface area contributed by atoms with Gasteiger partial charge in [-0.2, -0.15) is 9.50 Å². The van der Waals surface area contributed by atoms with E-state index in [0.29, 0.717) is 16.6 Å². The molecule has 83 valence electrons. The lowest BCUT2D eigenvalue weighted by molar-refractivity contribution is 0.189. The molecule has 0 bridgehead atoms. The maximum atomic E-state index is 9.43. The number of rotatable bonds is 1. The first-order valence-corrected chi connectivity index (χ1v) is 5.71. The minimum absolute atomic E-state index is 0.377. The average molecular weight is 235 g/mol. The Morgan fingerprint density at radius 1 is 1.38 bits per heavy atom. The Hall–Kier alpha value is -1.27. The summed E-state index contributed by atoms with van der Waals surface area (Å²) in [7, 11) is 0. The molecule has 1 aliphatic carbocycles. The lowest BCUT2D eigenvalue weighted by Gasteiger charge is -2.02. The molecular weight excluding hydrogens is 224 g/mol. The monoisotopic (exact) mass is 235 g/mol. The van der Waals surface area contributed by atoms with Gasteiger partial charge in [0.15, 0.2) is 5.82 Å². The van der Waals surface area contributed by atoms with E-state index in [9.17, 15) is 5.11 Å². The van der Waals surface area contributed by atoms with Gasteiger partial charge in [0.25, 0.3) is 5.78 Å². The predicted molar refractivity (Wildman–Crippen MR) is 59.3 cm³/mol. The van der Waals surface area contributed by atoms with Gasteiger partial charge in [-0.1, -0.05) is 12.6 Å². The van der Waals surface area contributed by atoms with Crippen LogP contribution < -0.4 is 0 Å². The number of aromatic nitrogens is 4. The number of aliphatic hydroxyl groups is 1. The van der Waals surface area contributed by atoms with Crippen molar-refractivity contribution in [3.05, 3.63) is 17.1 Å². The number of aryl methyl sites for hydroxylation is 1. The zero-order chi connectivity index (χ0) is 11.3. The number of hydrogen-bond acceptors (Lipinski definition) is 4. The summed E-state index contributed by atoms with van der Waals surface area (Å²) in [5, 5.41) is 14.3. The van der Waals surface area contributed by atoms with Gasteiger partial charge in [0.2, 0.25) is 0 Å². The summed E-state index contributed by atoms with van der Waals surface area (Å²) in [6, 6.07) is 0. The number of fused-ring (bicyclic) bond motifs is 2. The minimum Gasteiger partial charge on any atom is -0.385 e. The largest absolute Gasteiger partial charge is 0.385 e. The second-order valence-electron chi connectivity index (χ2n) is 4.05. The van der Waals surface area contributed by atoms with Crippen molar-refractivity contribution in [3.63, 3.8) is 0 Å². The lowest BCUT2D eigenvalue weighted by Crippen LogP contribution is -2.01. The highest BCUT2D eigenvalue weighted by Crippen LogP contribution is 2.26. The molecule has 0 spiro atoms. The number of nitrogens with zero attached hydrogens (tertiary/aromatic N) is 4. The van der Waals surface area contributed by atoms with Gasteiger partial charge in [-0.3, -0.25) is 0 Å². The molecule has 0 aliphatic heterocycles. The van der Waals surface area contributed by atoms with Crippen LogP contribution in [0.15, 0.2) is 5.03 Å². The van der Waals surface area contributed by atoms with Gasteiger partial charge in [-0.05, 0) is 26.2 Å². The first kappa shape index (κ1) is 9.92. The molecule has 0 aromatic carbocycles. The Bertz CT molecular complexity index is 563. The molecule has 2 aromatic rings. The summed E-state index contributed by atoms with van der Waals surface area (Å²) in [6.45, 7) is 1.63. The molecule has 1 atom stereocenters. The van der Waals surface area contributed by atoms with Crippen LogP contribution in [0.2, 0.25) is 0 Å². The normalized spacial score (nSPS) is 16.6. The maximum Gasteiger partial charge on any atom is 0.254 e. The third-order valence-electron chi connectivity index (χ3n) is 2.85. The molecular formula is C10H11N4OS. The van der Waals surface area contributed by atoms with Crippen molar-refractivity contribution in [1.29, 1.82) is 0 Å². The second-order valence-corrected chi connectivity index (χ2v) is 4.44. The molecule has 5 nitrogen and oxygen atoms in total. The van der Waals surface area contributed by atoms with Crippen molar-refractivity contribution in [2.75, 3.05) is 0 Å². The minimum atomic E-state index is -0.689. The van der Waals surface area contributed by atoms with E-state index in [2.05, 4.69) is 15.1 Å². The summed E-state index contributed by atoms with van der Waals surface area (Å²) in [4.78, 5) is 8.61. The highest BCUT2D eigenvalue weighted by Gasteiger charge is 2.21. The van der Waals surface area contributed by atoms with Crippen molar-refractivity contribution < 1.29 is 5.11 Å². The zero-order valence-corrected chi connectivity index (χ0v) is 9.66. The topological polar surface area (TPSA) is 63.3 Å². The van der Waals surface area contributed by atoms with E-state index in [1.807, 2.05) is 0 Å². The van der Waals surface area contributed by atoms with Crippen LogP contribution in [0.4, 0.5) is 0 Å². The summed E-state index contributed by atoms with van der Waals surface area (Å²) < 4.78 is 1.56. The number of aliphatic hydroxyl groups excluding tert-OH is 1. The molecule has 1 radical (unpaired) electrons. The summed E-state index contributed by atoms with van der Waals surface area (Å²) in [6.07, 6.45) is 2.35. The van der Waals surface area contributed by atoms with E-state index in [-0.39, 0.29) is 0 Å². The Morgan fingerprint density at radius 3 is 2.94 bits per heavy atom. The highest BCUT2D eigenvalue weighted by molar-refractivity contribution is 7.80. The molecule has 2 heterocycles. The number of hydrogen-bond donors (Lipinski definition) is 1. The van der Waals surface area contributed by atoms with Crippen molar-refractivity contribution in [1.82, 2.24) is 19.6 Å². The van der Waals surface area contributed by atoms with E-state index < -0.39 is 6.10 Å². The molecule has 0 fully saturated rings. The molecule has 1 unspecified atom stereocenters. The van der Waals surface area contributed by atoms with Gasteiger partial charge in [-0.25, -0.2) is 4.98 Å². The fourth-order valence-corrected chi connectivity index (χ4v) is 2.38. The molecule has 16 heavy (non-hydrogen) atoms. The third-order valence-corrected chi connectivity index (χ3v) is 3.27. The van der Waals surface area contributed by atoms with Gasteiger partial charge in [0.05, 0.1) is 5.69 Å². The van der Waals surface area contributed by atoms with Crippen LogP contribution in [0.3, 0.4) is 0 Å². The smallest absolute Gasteiger partial charge is 0.254 e. The second kappa shape index (κ2) is 3.36. The van der Waals surface area contributed by atoms with Gasteiger partial charge >= 0.3 is 0 Å². The SMILES string of the molecule is CC(O)c1nc2nc3c(c([S])n2n1)CCC3. The fourth-order valence-electron chi connectivity index (χ4n) is 2.04. The average Bonchev–Trinajstić information content (AvgIpc) is 2.83. The van der Waals surface area contributed by atoms with Crippen LogP contribution in [-0.4, -0.2) is 24.7 Å². The Kier molecular flexibility index (Phi) is 2.08. The van der Waals surface area contributed by atoms with Crippen LogP contribution in [0.5, 0.6) is 0 Å². The summed E-state index contributed by atoms with van der Waals surface area (Å²) in [5.74, 6) is 0.879. The molecule has 0 saturated carbocycles. The maximum absolute atomic E-state index is 9.43. The van der Waals surface area contributed by atoms with Crippen LogP contribution >= 0.6 is 12.6 Å². The first-order valence-electron chi connectivity index (χ1n) is 5.30. The first-order chi connectivity index (χ1) is 7.66. The lowest BCUT2D eigenvalue weighted by atomic mass is 10.3. The third kappa shape index (κ3) is 1.30. The van der Waals surface area contributed by atoms with Crippen molar-refractivity contribution >= 4 is 18.4 Å². The molecule has 0 saturated heterocycles. The van der Waals surface area contributed by atoms with Crippen LogP contribution in [0, 0.1) is 0 Å². The molecule has 1 N–H and O–H groups in total.